The van der Waals surface area contributed by atoms with Crippen LogP contribution in [0.25, 0.3) is 0 Å². The van der Waals surface area contributed by atoms with Gasteiger partial charge in [-0.2, -0.15) is 0 Å². The summed E-state index contributed by atoms with van der Waals surface area (Å²) < 4.78 is 32.0. The van der Waals surface area contributed by atoms with Crippen LogP contribution in [0.5, 0.6) is 0 Å². The number of carbonyl (C=O) groups is 1. The van der Waals surface area contributed by atoms with Crippen molar-refractivity contribution in [1.82, 2.24) is 4.90 Å². The molecule has 1 unspecified atom stereocenters. The molecule has 0 radical (unpaired) electrons. The normalized spacial score (nSPS) is 16.1. The van der Waals surface area contributed by atoms with Crippen molar-refractivity contribution in [2.45, 2.75) is 19.0 Å². The van der Waals surface area contributed by atoms with Crippen molar-refractivity contribution in [3.8, 4) is 0 Å². The van der Waals surface area contributed by atoms with E-state index in [-0.39, 0.29) is 24.6 Å². The summed E-state index contributed by atoms with van der Waals surface area (Å²) in [5.74, 6) is -1.23. The van der Waals surface area contributed by atoms with Gasteiger partial charge in [0, 0.05) is 25.8 Å². The van der Waals surface area contributed by atoms with Gasteiger partial charge >= 0.3 is 0 Å². The number of benzene rings is 1. The molecule has 0 aliphatic carbocycles. The average Bonchev–Trinajstić information content (AvgIpc) is 2.42. The predicted octanol–water partition coefficient (Wildman–Crippen LogP) is 0.823. The third-order valence-corrected chi connectivity index (χ3v) is 3.27. The predicted molar refractivity (Wildman–Crippen MR) is 65.3 cm³/mol. The van der Waals surface area contributed by atoms with Crippen LogP contribution in [0.3, 0.4) is 0 Å². The SMILES string of the molecule is COCC(N)C(=O)N1CCc2c(F)ccc(F)c2C1. The zero-order chi connectivity index (χ0) is 14.0. The Bertz CT molecular complexity index is 494. The van der Waals surface area contributed by atoms with Crippen molar-refractivity contribution in [2.24, 2.45) is 5.73 Å². The number of nitrogens with zero attached hydrogens (tertiary/aromatic N) is 1. The molecule has 1 aliphatic rings. The molecule has 1 aromatic carbocycles. The molecule has 1 aliphatic heterocycles. The molecule has 0 saturated carbocycles. The van der Waals surface area contributed by atoms with Crippen molar-refractivity contribution in [3.05, 3.63) is 34.9 Å². The number of ether oxygens (including phenoxy) is 1. The average molecular weight is 270 g/mol. The summed E-state index contributed by atoms with van der Waals surface area (Å²) in [5, 5.41) is 0. The van der Waals surface area contributed by atoms with E-state index in [4.69, 9.17) is 10.5 Å². The van der Waals surface area contributed by atoms with Gasteiger partial charge in [0.05, 0.1) is 6.61 Å². The van der Waals surface area contributed by atoms with Crippen LogP contribution >= 0.6 is 0 Å². The fourth-order valence-corrected chi connectivity index (χ4v) is 2.27. The van der Waals surface area contributed by atoms with Gasteiger partial charge in [0.1, 0.15) is 17.7 Å². The molecule has 1 aromatic rings. The molecule has 0 aromatic heterocycles. The van der Waals surface area contributed by atoms with Gasteiger partial charge in [-0.05, 0) is 24.1 Å². The molecule has 104 valence electrons. The minimum Gasteiger partial charge on any atom is -0.383 e. The van der Waals surface area contributed by atoms with Crippen molar-refractivity contribution in [1.29, 1.82) is 0 Å². The van der Waals surface area contributed by atoms with Crippen LogP contribution in [0.4, 0.5) is 8.78 Å². The minimum atomic E-state index is -0.775. The van der Waals surface area contributed by atoms with Gasteiger partial charge in [-0.3, -0.25) is 4.79 Å². The summed E-state index contributed by atoms with van der Waals surface area (Å²) in [4.78, 5) is 13.4. The van der Waals surface area contributed by atoms with E-state index in [1.807, 2.05) is 0 Å². The quantitative estimate of drug-likeness (QED) is 0.885. The van der Waals surface area contributed by atoms with Gasteiger partial charge in [-0.1, -0.05) is 0 Å². The molecule has 1 amide bonds. The molecule has 0 bridgehead atoms. The number of halogens is 2. The highest BCUT2D eigenvalue weighted by Crippen LogP contribution is 2.24. The third kappa shape index (κ3) is 2.74. The van der Waals surface area contributed by atoms with Crippen LogP contribution in [-0.4, -0.2) is 37.1 Å². The number of fused-ring (bicyclic) bond motifs is 1. The van der Waals surface area contributed by atoms with E-state index in [0.29, 0.717) is 18.5 Å². The summed E-state index contributed by atoms with van der Waals surface area (Å²) in [6.45, 7) is 0.493. The zero-order valence-corrected chi connectivity index (χ0v) is 10.7. The number of amides is 1. The summed E-state index contributed by atoms with van der Waals surface area (Å²) in [6.07, 6.45) is 0.296. The highest BCUT2D eigenvalue weighted by atomic mass is 19.1. The van der Waals surface area contributed by atoms with Crippen molar-refractivity contribution in [3.63, 3.8) is 0 Å². The molecule has 0 fully saturated rings. The molecule has 19 heavy (non-hydrogen) atoms. The Kier molecular flexibility index (Phi) is 4.11. The maximum Gasteiger partial charge on any atom is 0.242 e. The largest absolute Gasteiger partial charge is 0.383 e. The number of methoxy groups -OCH3 is 1. The van der Waals surface area contributed by atoms with Gasteiger partial charge in [0.2, 0.25) is 5.91 Å². The molecule has 4 nitrogen and oxygen atoms in total. The maximum absolute atomic E-state index is 13.7. The van der Waals surface area contributed by atoms with E-state index in [9.17, 15) is 13.6 Å². The van der Waals surface area contributed by atoms with Crippen LogP contribution in [0, 0.1) is 11.6 Å². The Labute approximate surface area is 110 Å². The fourth-order valence-electron chi connectivity index (χ4n) is 2.27. The summed E-state index contributed by atoms with van der Waals surface area (Å²) in [5.41, 5.74) is 6.25. The van der Waals surface area contributed by atoms with Crippen LogP contribution in [0.15, 0.2) is 12.1 Å². The number of nitrogens with two attached hydrogens (primary N) is 1. The molecule has 1 heterocycles. The van der Waals surface area contributed by atoms with E-state index in [2.05, 4.69) is 0 Å². The zero-order valence-electron chi connectivity index (χ0n) is 10.7. The number of rotatable bonds is 3. The highest BCUT2D eigenvalue weighted by molar-refractivity contribution is 5.82. The van der Waals surface area contributed by atoms with Gasteiger partial charge in [0.25, 0.3) is 0 Å². The second-order valence-electron chi connectivity index (χ2n) is 4.56. The summed E-state index contributed by atoms with van der Waals surface area (Å²) in [7, 11) is 1.45. The molecular formula is C13H16F2N2O2. The minimum absolute atomic E-state index is 0.0508. The second-order valence-corrected chi connectivity index (χ2v) is 4.56. The van der Waals surface area contributed by atoms with Gasteiger partial charge in [-0.15, -0.1) is 0 Å². The summed E-state index contributed by atoms with van der Waals surface area (Å²) in [6, 6.07) is 1.42. The van der Waals surface area contributed by atoms with E-state index in [1.165, 1.54) is 12.0 Å². The lowest BCUT2D eigenvalue weighted by Gasteiger charge is -2.31. The Hall–Kier alpha value is -1.53. The van der Waals surface area contributed by atoms with Crippen molar-refractivity contribution in [2.75, 3.05) is 20.3 Å². The van der Waals surface area contributed by atoms with E-state index in [0.717, 1.165) is 12.1 Å². The van der Waals surface area contributed by atoms with Gasteiger partial charge in [-0.25, -0.2) is 8.78 Å². The number of hydrogen-bond donors (Lipinski definition) is 1. The Balaban J connectivity index is 2.18. The Morgan fingerprint density at radius 3 is 2.68 bits per heavy atom. The first-order chi connectivity index (χ1) is 9.04. The van der Waals surface area contributed by atoms with Crippen LogP contribution in [0.1, 0.15) is 11.1 Å². The Morgan fingerprint density at radius 1 is 1.42 bits per heavy atom. The van der Waals surface area contributed by atoms with Crippen molar-refractivity contribution < 1.29 is 18.3 Å². The van der Waals surface area contributed by atoms with E-state index < -0.39 is 17.7 Å². The lowest BCUT2D eigenvalue weighted by atomic mass is 9.98. The Morgan fingerprint density at radius 2 is 2.05 bits per heavy atom. The van der Waals surface area contributed by atoms with E-state index in [1.54, 1.807) is 0 Å². The van der Waals surface area contributed by atoms with Gasteiger partial charge < -0.3 is 15.4 Å². The molecule has 1 atom stereocenters. The van der Waals surface area contributed by atoms with Crippen LogP contribution < -0.4 is 5.73 Å². The lowest BCUT2D eigenvalue weighted by molar-refractivity contribution is -0.134. The van der Waals surface area contributed by atoms with Crippen LogP contribution in [-0.2, 0) is 22.5 Å². The molecular weight excluding hydrogens is 254 g/mol. The maximum atomic E-state index is 13.7. The topological polar surface area (TPSA) is 55.6 Å². The molecule has 2 rings (SSSR count). The van der Waals surface area contributed by atoms with E-state index >= 15 is 0 Å². The molecule has 6 heteroatoms. The number of carbonyl (C=O) groups excluding carboxylic acids is 1. The molecule has 0 spiro atoms. The first kappa shape index (κ1) is 13.9. The molecule has 2 N–H and O–H groups in total. The van der Waals surface area contributed by atoms with Crippen molar-refractivity contribution >= 4 is 5.91 Å². The standard InChI is InChI=1S/C13H16F2N2O2/c1-19-7-12(16)13(18)17-5-4-8-9(6-17)11(15)3-2-10(8)14/h2-3,12H,4-7,16H2,1H3. The monoisotopic (exact) mass is 270 g/mol. The van der Waals surface area contributed by atoms with Gasteiger partial charge in [0.15, 0.2) is 0 Å². The summed E-state index contributed by atoms with van der Waals surface area (Å²) >= 11 is 0. The number of hydrogen-bond acceptors (Lipinski definition) is 3. The molecule has 0 saturated heterocycles. The third-order valence-electron chi connectivity index (χ3n) is 3.27. The smallest absolute Gasteiger partial charge is 0.242 e. The lowest BCUT2D eigenvalue weighted by Crippen LogP contribution is -2.48. The first-order valence-electron chi connectivity index (χ1n) is 6.03. The highest BCUT2D eigenvalue weighted by Gasteiger charge is 2.28. The second kappa shape index (κ2) is 5.63. The first-order valence-corrected chi connectivity index (χ1v) is 6.03. The fraction of sp³-hybridized carbons (Fsp3) is 0.462. The van der Waals surface area contributed by atoms with Crippen LogP contribution in [0.2, 0.25) is 0 Å².